The average molecular weight is 282 g/mol. The number of rotatable bonds is 7. The summed E-state index contributed by atoms with van der Waals surface area (Å²) in [6.07, 6.45) is 0. The van der Waals surface area contributed by atoms with Crippen LogP contribution in [0.4, 0.5) is 4.39 Å². The van der Waals surface area contributed by atoms with E-state index in [1.807, 2.05) is 0 Å². The van der Waals surface area contributed by atoms with Crippen LogP contribution in [-0.4, -0.2) is 67.5 Å². The van der Waals surface area contributed by atoms with Crippen molar-refractivity contribution in [1.29, 1.82) is 0 Å². The van der Waals surface area contributed by atoms with Crippen LogP contribution in [0.25, 0.3) is 0 Å². The molecule has 0 bridgehead atoms. The minimum atomic E-state index is -0.212. The monoisotopic (exact) mass is 282 g/mol. The highest BCUT2D eigenvalue weighted by Crippen LogP contribution is 2.07. The summed E-state index contributed by atoms with van der Waals surface area (Å²) in [6.45, 7) is 6.96. The molecule has 1 aromatic rings. The molecule has 1 aromatic carbocycles. The molecule has 0 atom stereocenters. The SMILES string of the molecule is OCCN(CCN1CCOCC1)Cc1ccc(F)cc1. The van der Waals surface area contributed by atoms with Gasteiger partial charge in [-0.1, -0.05) is 12.1 Å². The van der Waals surface area contributed by atoms with Crippen molar-refractivity contribution in [3.05, 3.63) is 35.6 Å². The molecule has 0 aliphatic carbocycles. The maximum Gasteiger partial charge on any atom is 0.123 e. The molecule has 0 radical (unpaired) electrons. The maximum absolute atomic E-state index is 12.9. The van der Waals surface area contributed by atoms with E-state index < -0.39 is 0 Å². The number of morpholine rings is 1. The fourth-order valence-corrected chi connectivity index (χ4v) is 2.37. The Kier molecular flexibility index (Phi) is 6.39. The molecule has 112 valence electrons. The lowest BCUT2D eigenvalue weighted by Crippen LogP contribution is -2.41. The van der Waals surface area contributed by atoms with Gasteiger partial charge in [-0.25, -0.2) is 4.39 Å². The summed E-state index contributed by atoms with van der Waals surface area (Å²) in [6, 6.07) is 6.56. The van der Waals surface area contributed by atoms with Crippen molar-refractivity contribution in [2.75, 3.05) is 52.5 Å². The molecule has 0 saturated carbocycles. The van der Waals surface area contributed by atoms with Crippen LogP contribution in [0, 0.1) is 5.82 Å². The predicted octanol–water partition coefficient (Wildman–Crippen LogP) is 0.952. The van der Waals surface area contributed by atoms with Crippen molar-refractivity contribution in [2.45, 2.75) is 6.54 Å². The highest BCUT2D eigenvalue weighted by Gasteiger charge is 2.12. The second kappa shape index (κ2) is 8.32. The van der Waals surface area contributed by atoms with E-state index >= 15 is 0 Å². The van der Waals surface area contributed by atoms with Crippen molar-refractivity contribution in [2.24, 2.45) is 0 Å². The van der Waals surface area contributed by atoms with Crippen LogP contribution in [0.2, 0.25) is 0 Å². The van der Waals surface area contributed by atoms with Crippen molar-refractivity contribution in [3.8, 4) is 0 Å². The number of aliphatic hydroxyl groups excluding tert-OH is 1. The second-order valence-electron chi connectivity index (χ2n) is 5.08. The van der Waals surface area contributed by atoms with Crippen molar-refractivity contribution in [1.82, 2.24) is 9.80 Å². The molecule has 1 aliphatic rings. The Labute approximate surface area is 119 Å². The highest BCUT2D eigenvalue weighted by molar-refractivity contribution is 5.15. The first-order chi connectivity index (χ1) is 9.78. The van der Waals surface area contributed by atoms with Crippen molar-refractivity contribution >= 4 is 0 Å². The molecular formula is C15H23FN2O2. The molecule has 0 aromatic heterocycles. The zero-order valence-corrected chi connectivity index (χ0v) is 11.8. The summed E-state index contributed by atoms with van der Waals surface area (Å²) in [7, 11) is 0. The van der Waals surface area contributed by atoms with Gasteiger partial charge >= 0.3 is 0 Å². The van der Waals surface area contributed by atoms with Gasteiger partial charge in [0.25, 0.3) is 0 Å². The first-order valence-electron chi connectivity index (χ1n) is 7.15. The molecule has 1 saturated heterocycles. The van der Waals surface area contributed by atoms with Crippen molar-refractivity contribution < 1.29 is 14.2 Å². The third-order valence-corrected chi connectivity index (χ3v) is 3.57. The summed E-state index contributed by atoms with van der Waals surface area (Å²) in [5, 5.41) is 9.16. The van der Waals surface area contributed by atoms with Crippen LogP contribution in [0.15, 0.2) is 24.3 Å². The zero-order chi connectivity index (χ0) is 14.2. The summed E-state index contributed by atoms with van der Waals surface area (Å²) in [5.74, 6) is -0.212. The van der Waals surface area contributed by atoms with Crippen LogP contribution in [0.1, 0.15) is 5.56 Å². The van der Waals surface area contributed by atoms with Crippen LogP contribution in [-0.2, 0) is 11.3 Å². The zero-order valence-electron chi connectivity index (χ0n) is 11.8. The van der Waals surface area contributed by atoms with Gasteiger partial charge in [0.1, 0.15) is 5.82 Å². The fourth-order valence-electron chi connectivity index (χ4n) is 2.37. The van der Waals surface area contributed by atoms with Gasteiger partial charge in [-0.2, -0.15) is 0 Å². The number of halogens is 1. The van der Waals surface area contributed by atoms with Gasteiger partial charge in [0, 0.05) is 39.3 Å². The van der Waals surface area contributed by atoms with Crippen molar-refractivity contribution in [3.63, 3.8) is 0 Å². The topological polar surface area (TPSA) is 35.9 Å². The van der Waals surface area contributed by atoms with E-state index in [4.69, 9.17) is 9.84 Å². The van der Waals surface area contributed by atoms with Gasteiger partial charge < -0.3 is 9.84 Å². The minimum Gasteiger partial charge on any atom is -0.395 e. The Bertz CT molecular complexity index is 380. The molecule has 1 aliphatic heterocycles. The van der Waals surface area contributed by atoms with Gasteiger partial charge in [-0.3, -0.25) is 9.80 Å². The lowest BCUT2D eigenvalue weighted by atomic mass is 10.2. The number of benzene rings is 1. The Morgan fingerprint density at radius 3 is 2.50 bits per heavy atom. The first kappa shape index (κ1) is 15.4. The minimum absolute atomic E-state index is 0.143. The fraction of sp³-hybridized carbons (Fsp3) is 0.600. The summed E-state index contributed by atoms with van der Waals surface area (Å²) >= 11 is 0. The van der Waals surface area contributed by atoms with E-state index in [1.54, 1.807) is 12.1 Å². The molecule has 1 heterocycles. The molecule has 0 amide bonds. The molecule has 0 unspecified atom stereocenters. The van der Waals surface area contributed by atoms with Gasteiger partial charge in [-0.15, -0.1) is 0 Å². The molecule has 1 N–H and O–H groups in total. The Morgan fingerprint density at radius 2 is 1.85 bits per heavy atom. The van der Waals surface area contributed by atoms with E-state index in [0.29, 0.717) is 6.54 Å². The summed E-state index contributed by atoms with van der Waals surface area (Å²) < 4.78 is 18.2. The Hall–Kier alpha value is -1.01. The van der Waals surface area contributed by atoms with E-state index in [0.717, 1.165) is 51.5 Å². The molecule has 4 nitrogen and oxygen atoms in total. The van der Waals surface area contributed by atoms with Gasteiger partial charge in [0.2, 0.25) is 0 Å². The van der Waals surface area contributed by atoms with Crippen LogP contribution in [0.3, 0.4) is 0 Å². The predicted molar refractivity (Wildman–Crippen MR) is 76.0 cm³/mol. The standard InChI is InChI=1S/C15H23FN2O2/c16-15-3-1-14(2-4-15)13-18(7-10-19)6-5-17-8-11-20-12-9-17/h1-4,19H,5-13H2. The first-order valence-corrected chi connectivity index (χ1v) is 7.15. The van der Waals surface area contributed by atoms with Gasteiger partial charge in [0.15, 0.2) is 0 Å². The molecule has 20 heavy (non-hydrogen) atoms. The molecule has 1 fully saturated rings. The lowest BCUT2D eigenvalue weighted by Gasteiger charge is -2.29. The van der Waals surface area contributed by atoms with E-state index in [1.165, 1.54) is 12.1 Å². The number of hydrogen-bond acceptors (Lipinski definition) is 4. The smallest absolute Gasteiger partial charge is 0.123 e. The number of hydrogen-bond donors (Lipinski definition) is 1. The van der Waals surface area contributed by atoms with Crippen LogP contribution in [0.5, 0.6) is 0 Å². The molecule has 2 rings (SSSR count). The van der Waals surface area contributed by atoms with Crippen LogP contribution < -0.4 is 0 Å². The third kappa shape index (κ3) is 5.17. The largest absolute Gasteiger partial charge is 0.395 e. The van der Waals surface area contributed by atoms with Gasteiger partial charge in [-0.05, 0) is 17.7 Å². The second-order valence-corrected chi connectivity index (χ2v) is 5.08. The summed E-state index contributed by atoms with van der Waals surface area (Å²) in [4.78, 5) is 4.57. The van der Waals surface area contributed by atoms with Gasteiger partial charge in [0.05, 0.1) is 19.8 Å². The number of nitrogens with zero attached hydrogens (tertiary/aromatic N) is 2. The molecule has 0 spiro atoms. The normalized spacial score (nSPS) is 16.8. The average Bonchev–Trinajstić information content (AvgIpc) is 2.48. The lowest BCUT2D eigenvalue weighted by molar-refractivity contribution is 0.0320. The van der Waals surface area contributed by atoms with E-state index in [2.05, 4.69) is 9.80 Å². The quantitative estimate of drug-likeness (QED) is 0.808. The molecular weight excluding hydrogens is 259 g/mol. The third-order valence-electron chi connectivity index (χ3n) is 3.57. The van der Waals surface area contributed by atoms with E-state index in [9.17, 15) is 4.39 Å². The Balaban J connectivity index is 1.81. The van der Waals surface area contributed by atoms with Crippen LogP contribution >= 0.6 is 0 Å². The maximum atomic E-state index is 12.9. The number of aliphatic hydroxyl groups is 1. The van der Waals surface area contributed by atoms with E-state index in [-0.39, 0.29) is 12.4 Å². The highest BCUT2D eigenvalue weighted by atomic mass is 19.1. The summed E-state index contributed by atoms with van der Waals surface area (Å²) in [5.41, 5.74) is 1.07. The Morgan fingerprint density at radius 1 is 1.15 bits per heavy atom. The number of ether oxygens (including phenoxy) is 1. The molecule has 5 heteroatoms.